The van der Waals surface area contributed by atoms with Crippen LogP contribution in [-0.2, 0) is 19.1 Å². The number of anilines is 1. The molecule has 0 unspecified atom stereocenters. The average molecular weight is 380 g/mol. The zero-order valence-corrected chi connectivity index (χ0v) is 16.2. The van der Waals surface area contributed by atoms with E-state index in [2.05, 4.69) is 15.6 Å². The molecule has 1 saturated heterocycles. The molecule has 2 N–H and O–H groups in total. The molecule has 0 aromatic carbocycles. The van der Waals surface area contributed by atoms with E-state index in [0.29, 0.717) is 13.0 Å². The summed E-state index contributed by atoms with van der Waals surface area (Å²) in [7, 11) is 1.56. The van der Waals surface area contributed by atoms with Gasteiger partial charge in [0, 0.05) is 39.1 Å². The summed E-state index contributed by atoms with van der Waals surface area (Å²) in [6.07, 6.45) is 2.50. The number of ether oxygens (including phenoxy) is 2. The maximum Gasteiger partial charge on any atom is 0.351 e. The van der Waals surface area contributed by atoms with Crippen LogP contribution in [0.5, 0.6) is 0 Å². The number of nitrogens with zero attached hydrogens (tertiary/aromatic N) is 2. The van der Waals surface area contributed by atoms with E-state index in [1.807, 2.05) is 13.8 Å². The predicted octanol–water partition coefficient (Wildman–Crippen LogP) is 1.06. The van der Waals surface area contributed by atoms with Crippen LogP contribution >= 0.6 is 0 Å². The Hall–Kier alpha value is -2.26. The van der Waals surface area contributed by atoms with E-state index in [1.165, 1.54) is 23.8 Å². The number of carbonyl (C=O) groups excluding carboxylic acids is 2. The molecule has 1 fully saturated rings. The summed E-state index contributed by atoms with van der Waals surface area (Å²) in [6.45, 7) is 5.69. The smallest absolute Gasteiger partial charge is 0.351 e. The van der Waals surface area contributed by atoms with Crippen molar-refractivity contribution in [2.24, 2.45) is 5.92 Å². The lowest BCUT2D eigenvalue weighted by Gasteiger charge is -2.21. The summed E-state index contributed by atoms with van der Waals surface area (Å²) in [5.74, 6) is -0.167. The Balaban J connectivity index is 2.09. The maximum absolute atomic E-state index is 12.4. The molecule has 1 aromatic heterocycles. The molecule has 9 heteroatoms. The maximum atomic E-state index is 12.4. The molecule has 9 nitrogen and oxygen atoms in total. The van der Waals surface area contributed by atoms with Crippen LogP contribution in [0.15, 0.2) is 17.1 Å². The Labute approximate surface area is 158 Å². The first-order chi connectivity index (χ1) is 12.9. The van der Waals surface area contributed by atoms with Crippen LogP contribution in [-0.4, -0.2) is 47.2 Å². The van der Waals surface area contributed by atoms with E-state index in [1.54, 1.807) is 7.11 Å². The molecule has 0 radical (unpaired) electrons. The van der Waals surface area contributed by atoms with E-state index in [0.717, 1.165) is 12.8 Å². The highest BCUT2D eigenvalue weighted by Gasteiger charge is 2.43. The lowest BCUT2D eigenvalue weighted by atomic mass is 10.00. The summed E-state index contributed by atoms with van der Waals surface area (Å²) in [6, 6.07) is 1.53. The molecular formula is C18H28N4O5. The number of carbonyl (C=O) groups is 2. The standard InChI is InChI=1S/C18H28N4O5/c1-5-6-7-15(24)19-10-13-11(2)16(26-4)17(27-13)22-9-8-14(20-12(3)23)21-18(22)25/h8-9,11,13,16-17H,5-7,10H2,1-4H3,(H,19,24)(H,20,21,23,25)/t11-,13-,16-,17-/m1/s1. The van der Waals surface area contributed by atoms with Crippen LogP contribution in [0.3, 0.4) is 0 Å². The number of rotatable bonds is 8. The minimum absolute atomic E-state index is 0.0106. The van der Waals surface area contributed by atoms with Gasteiger partial charge in [-0.25, -0.2) is 4.79 Å². The van der Waals surface area contributed by atoms with E-state index >= 15 is 0 Å². The Morgan fingerprint density at radius 2 is 2.15 bits per heavy atom. The van der Waals surface area contributed by atoms with Gasteiger partial charge < -0.3 is 20.1 Å². The number of aromatic nitrogens is 2. The van der Waals surface area contributed by atoms with Crippen molar-refractivity contribution in [3.8, 4) is 0 Å². The quantitative estimate of drug-likeness (QED) is 0.697. The molecule has 2 rings (SSSR count). The average Bonchev–Trinajstić information content (AvgIpc) is 2.93. The van der Waals surface area contributed by atoms with Gasteiger partial charge in [-0.3, -0.25) is 14.2 Å². The molecular weight excluding hydrogens is 352 g/mol. The van der Waals surface area contributed by atoms with Crippen LogP contribution in [0.1, 0.15) is 46.3 Å². The van der Waals surface area contributed by atoms with Crippen LogP contribution < -0.4 is 16.3 Å². The minimum Gasteiger partial charge on any atom is -0.376 e. The molecule has 1 aliphatic rings. The molecule has 0 aliphatic carbocycles. The summed E-state index contributed by atoms with van der Waals surface area (Å²) in [5, 5.41) is 5.35. The minimum atomic E-state index is -0.658. The van der Waals surface area contributed by atoms with E-state index in [4.69, 9.17) is 9.47 Å². The molecule has 1 aliphatic heterocycles. The molecule has 1 aromatic rings. The monoisotopic (exact) mass is 380 g/mol. The van der Waals surface area contributed by atoms with Crippen LogP contribution in [0.2, 0.25) is 0 Å². The van der Waals surface area contributed by atoms with Crippen molar-refractivity contribution >= 4 is 17.6 Å². The second-order valence-corrected chi connectivity index (χ2v) is 6.72. The van der Waals surface area contributed by atoms with Crippen molar-refractivity contribution in [1.29, 1.82) is 0 Å². The normalized spacial score (nSPS) is 24.6. The first kappa shape index (κ1) is 21.0. The summed E-state index contributed by atoms with van der Waals surface area (Å²) >= 11 is 0. The van der Waals surface area contributed by atoms with Crippen LogP contribution in [0.25, 0.3) is 0 Å². The lowest BCUT2D eigenvalue weighted by molar-refractivity contribution is -0.122. The molecule has 0 saturated carbocycles. The molecule has 2 heterocycles. The molecule has 4 atom stereocenters. The van der Waals surface area contributed by atoms with Crippen molar-refractivity contribution < 1.29 is 19.1 Å². The third-order valence-corrected chi connectivity index (χ3v) is 4.64. The van der Waals surface area contributed by atoms with Gasteiger partial charge >= 0.3 is 5.69 Å². The van der Waals surface area contributed by atoms with Gasteiger partial charge in [0.05, 0.1) is 6.10 Å². The number of hydrogen-bond acceptors (Lipinski definition) is 6. The lowest BCUT2D eigenvalue weighted by Crippen LogP contribution is -2.35. The summed E-state index contributed by atoms with van der Waals surface area (Å²) in [5.41, 5.74) is -0.548. The highest BCUT2D eigenvalue weighted by atomic mass is 16.6. The summed E-state index contributed by atoms with van der Waals surface area (Å²) in [4.78, 5) is 39.2. The fraction of sp³-hybridized carbons (Fsp3) is 0.667. The molecule has 2 amide bonds. The van der Waals surface area contributed by atoms with Crippen molar-refractivity contribution in [2.75, 3.05) is 19.0 Å². The Morgan fingerprint density at radius 3 is 2.74 bits per heavy atom. The third-order valence-electron chi connectivity index (χ3n) is 4.64. The summed E-state index contributed by atoms with van der Waals surface area (Å²) < 4.78 is 12.9. The fourth-order valence-electron chi connectivity index (χ4n) is 3.14. The molecule has 150 valence electrons. The fourth-order valence-corrected chi connectivity index (χ4v) is 3.14. The SMILES string of the molecule is CCCCC(=O)NC[C@H]1O[C@@H](n2ccc(NC(C)=O)nc2=O)[C@H](OC)[C@@H]1C. The number of amides is 2. The van der Waals surface area contributed by atoms with E-state index in [9.17, 15) is 14.4 Å². The Morgan fingerprint density at radius 1 is 1.41 bits per heavy atom. The second kappa shape index (κ2) is 9.61. The van der Waals surface area contributed by atoms with E-state index in [-0.39, 0.29) is 35.8 Å². The zero-order valence-electron chi connectivity index (χ0n) is 16.2. The second-order valence-electron chi connectivity index (χ2n) is 6.72. The van der Waals surface area contributed by atoms with Crippen molar-refractivity contribution in [3.63, 3.8) is 0 Å². The molecule has 0 bridgehead atoms. The number of unbranched alkanes of at least 4 members (excludes halogenated alkanes) is 1. The largest absolute Gasteiger partial charge is 0.376 e. The first-order valence-electron chi connectivity index (χ1n) is 9.19. The highest BCUT2D eigenvalue weighted by molar-refractivity contribution is 5.87. The van der Waals surface area contributed by atoms with Gasteiger partial charge in [0.15, 0.2) is 6.23 Å². The van der Waals surface area contributed by atoms with Gasteiger partial charge in [-0.2, -0.15) is 4.98 Å². The van der Waals surface area contributed by atoms with Gasteiger partial charge in [0.25, 0.3) is 0 Å². The molecule has 27 heavy (non-hydrogen) atoms. The number of hydrogen-bond donors (Lipinski definition) is 2. The Kier molecular flexibility index (Phi) is 7.49. The van der Waals surface area contributed by atoms with Crippen LogP contribution in [0, 0.1) is 5.92 Å². The van der Waals surface area contributed by atoms with E-state index < -0.39 is 11.9 Å². The molecule has 0 spiro atoms. The van der Waals surface area contributed by atoms with Gasteiger partial charge in [0.2, 0.25) is 11.8 Å². The van der Waals surface area contributed by atoms with Crippen molar-refractivity contribution in [3.05, 3.63) is 22.7 Å². The van der Waals surface area contributed by atoms with Gasteiger partial charge in [-0.15, -0.1) is 0 Å². The zero-order chi connectivity index (χ0) is 20.0. The van der Waals surface area contributed by atoms with Gasteiger partial charge in [0.1, 0.15) is 11.9 Å². The predicted molar refractivity (Wildman–Crippen MR) is 99.2 cm³/mol. The highest BCUT2D eigenvalue weighted by Crippen LogP contribution is 2.34. The topological polar surface area (TPSA) is 112 Å². The van der Waals surface area contributed by atoms with Gasteiger partial charge in [-0.05, 0) is 12.5 Å². The van der Waals surface area contributed by atoms with Crippen molar-refractivity contribution in [2.45, 2.75) is 58.5 Å². The van der Waals surface area contributed by atoms with Gasteiger partial charge in [-0.1, -0.05) is 20.3 Å². The number of methoxy groups -OCH3 is 1. The van der Waals surface area contributed by atoms with Crippen molar-refractivity contribution in [1.82, 2.24) is 14.9 Å². The Bertz CT molecular complexity index is 720. The first-order valence-corrected chi connectivity index (χ1v) is 9.19. The third kappa shape index (κ3) is 5.36. The van der Waals surface area contributed by atoms with Crippen LogP contribution in [0.4, 0.5) is 5.82 Å². The number of nitrogens with one attached hydrogen (secondary N) is 2.